The lowest BCUT2D eigenvalue weighted by molar-refractivity contribution is -0.123. The highest BCUT2D eigenvalue weighted by Gasteiger charge is 2.70. The molecule has 10 heteroatoms. The van der Waals surface area contributed by atoms with E-state index in [1.54, 1.807) is 36.0 Å². The molecule has 4 aliphatic rings. The number of thiazole rings is 1. The van der Waals surface area contributed by atoms with E-state index in [1.165, 1.54) is 16.2 Å². The molecule has 0 unspecified atom stereocenters. The fourth-order valence-electron chi connectivity index (χ4n) is 8.47. The fourth-order valence-corrected chi connectivity index (χ4v) is 12.0. The van der Waals surface area contributed by atoms with Crippen LogP contribution in [0.4, 0.5) is 5.69 Å². The van der Waals surface area contributed by atoms with Crippen LogP contribution in [0.5, 0.6) is 0 Å². The Hall–Kier alpha value is -3.37. The van der Waals surface area contributed by atoms with Crippen molar-refractivity contribution in [3.05, 3.63) is 126 Å². The molecule has 0 N–H and O–H groups in total. The van der Waals surface area contributed by atoms with Gasteiger partial charge < -0.3 is 4.42 Å². The highest BCUT2D eigenvalue weighted by atomic mass is 79.9. The van der Waals surface area contributed by atoms with Crippen molar-refractivity contribution in [3.8, 4) is 11.3 Å². The Labute approximate surface area is 286 Å². The Bertz CT molecular complexity index is 2070. The maximum atomic E-state index is 14.1. The summed E-state index contributed by atoms with van der Waals surface area (Å²) in [6.07, 6.45) is 0.818. The van der Waals surface area contributed by atoms with Crippen LogP contribution in [-0.4, -0.2) is 21.6 Å². The van der Waals surface area contributed by atoms with Gasteiger partial charge in [-0.15, -0.1) is 11.8 Å². The molecule has 230 valence electrons. The third-order valence-electron chi connectivity index (χ3n) is 10.3. The Morgan fingerprint density at radius 1 is 0.848 bits per heavy atom. The lowest BCUT2D eigenvalue weighted by Crippen LogP contribution is -2.43. The number of aromatic nitrogens is 1. The van der Waals surface area contributed by atoms with Crippen molar-refractivity contribution in [1.82, 2.24) is 4.57 Å². The van der Waals surface area contributed by atoms with Gasteiger partial charge in [-0.3, -0.25) is 23.9 Å². The lowest BCUT2D eigenvalue weighted by Gasteiger charge is -2.42. The smallest absolute Gasteiger partial charge is 0.308 e. The van der Waals surface area contributed by atoms with Crippen LogP contribution in [0.1, 0.15) is 28.5 Å². The molecule has 7 atom stereocenters. The number of hydrogen-bond donors (Lipinski definition) is 0. The van der Waals surface area contributed by atoms with Gasteiger partial charge in [-0.05, 0) is 78.3 Å². The summed E-state index contributed by atoms with van der Waals surface area (Å²) in [4.78, 5) is 44.2. The molecular weight excluding hydrogens is 704 g/mol. The summed E-state index contributed by atoms with van der Waals surface area (Å²) in [5.74, 6) is 0.457. The number of carbonyl (C=O) groups is 2. The molecule has 2 aliphatic heterocycles. The molecule has 0 spiro atoms. The summed E-state index contributed by atoms with van der Waals surface area (Å²) in [6, 6.07) is 29.0. The number of furan rings is 1. The highest BCUT2D eigenvalue weighted by molar-refractivity contribution is 9.10. The van der Waals surface area contributed by atoms with Gasteiger partial charge in [0.1, 0.15) is 11.5 Å². The second-order valence-corrected chi connectivity index (χ2v) is 16.1. The minimum atomic E-state index is -0.386. The van der Waals surface area contributed by atoms with E-state index in [1.807, 2.05) is 71.3 Å². The summed E-state index contributed by atoms with van der Waals surface area (Å²) in [7, 11) is 0. The van der Waals surface area contributed by atoms with E-state index >= 15 is 0 Å². The third kappa shape index (κ3) is 4.31. The van der Waals surface area contributed by atoms with Crippen LogP contribution < -0.4 is 9.77 Å². The van der Waals surface area contributed by atoms with Gasteiger partial charge in [-0.2, -0.15) is 0 Å². The summed E-state index contributed by atoms with van der Waals surface area (Å²) in [5, 5.41) is 1.59. The van der Waals surface area contributed by atoms with Crippen molar-refractivity contribution in [3.63, 3.8) is 0 Å². The normalized spacial score (nSPS) is 27.6. The molecule has 9 rings (SSSR count). The standard InChI is InChI=1S/C36H26BrClN2O4S2/c37-20-8-6-19(7-9-20)25-14-15-26(44-25)30-27-23-16-24(29-28(23)33(41)40(34(29)42)22-12-10-21(38)11-13-22)31(27)45-35-32(30)46-36(43)39(35)17-18-4-2-1-3-5-18/h1-15,23-24,27-31H,16-17H2/t23-,24-,27-,28+,29-,30-,31+/m1/s1. The first-order valence-electron chi connectivity index (χ1n) is 15.3. The average Bonchev–Trinajstić information content (AvgIpc) is 3.87. The molecular formula is C36H26BrClN2O4S2. The number of hydrogen-bond acceptors (Lipinski definition) is 6. The first kappa shape index (κ1) is 28.8. The van der Waals surface area contributed by atoms with E-state index in [-0.39, 0.29) is 57.4 Å². The zero-order chi connectivity index (χ0) is 31.3. The number of amides is 2. The van der Waals surface area contributed by atoms with Crippen molar-refractivity contribution < 1.29 is 14.0 Å². The van der Waals surface area contributed by atoms with Crippen LogP contribution >= 0.6 is 50.6 Å². The maximum absolute atomic E-state index is 14.1. The van der Waals surface area contributed by atoms with E-state index in [0.29, 0.717) is 17.3 Å². The first-order valence-corrected chi connectivity index (χ1v) is 18.2. The summed E-state index contributed by atoms with van der Waals surface area (Å²) in [6.45, 7) is 0.479. The zero-order valence-electron chi connectivity index (χ0n) is 24.2. The number of halogens is 2. The first-order chi connectivity index (χ1) is 22.4. The topological polar surface area (TPSA) is 72.5 Å². The highest BCUT2D eigenvalue weighted by Crippen LogP contribution is 2.69. The Kier molecular flexibility index (Phi) is 6.79. The van der Waals surface area contributed by atoms with Crippen LogP contribution in [0.2, 0.25) is 5.02 Å². The van der Waals surface area contributed by atoms with Crippen LogP contribution in [0.25, 0.3) is 11.3 Å². The van der Waals surface area contributed by atoms with Gasteiger partial charge in [-0.1, -0.05) is 81.3 Å². The predicted molar refractivity (Wildman–Crippen MR) is 183 cm³/mol. The lowest BCUT2D eigenvalue weighted by atomic mass is 9.69. The van der Waals surface area contributed by atoms with Crippen molar-refractivity contribution in [1.29, 1.82) is 0 Å². The minimum absolute atomic E-state index is 0.000349. The molecule has 5 aromatic rings. The molecule has 2 saturated carbocycles. The average molecular weight is 730 g/mol. The monoisotopic (exact) mass is 728 g/mol. The van der Waals surface area contributed by atoms with Crippen molar-refractivity contribution in [2.45, 2.75) is 29.2 Å². The van der Waals surface area contributed by atoms with Gasteiger partial charge in [0, 0.05) is 20.3 Å². The number of imide groups is 1. The second kappa shape index (κ2) is 10.8. The summed E-state index contributed by atoms with van der Waals surface area (Å²) < 4.78 is 9.53. The van der Waals surface area contributed by atoms with Crippen molar-refractivity contribution in [2.24, 2.45) is 29.6 Å². The van der Waals surface area contributed by atoms with Gasteiger partial charge in [0.2, 0.25) is 11.8 Å². The number of anilines is 1. The number of benzene rings is 3. The number of nitrogens with zero attached hydrogens (tertiary/aromatic N) is 2. The molecule has 4 heterocycles. The van der Waals surface area contributed by atoms with Crippen LogP contribution in [0, 0.1) is 29.6 Å². The molecule has 6 nitrogen and oxygen atoms in total. The van der Waals surface area contributed by atoms with E-state index in [4.69, 9.17) is 16.0 Å². The van der Waals surface area contributed by atoms with Gasteiger partial charge >= 0.3 is 4.87 Å². The molecule has 2 amide bonds. The van der Waals surface area contributed by atoms with Crippen molar-refractivity contribution in [2.75, 3.05) is 4.90 Å². The Balaban J connectivity index is 1.15. The van der Waals surface area contributed by atoms with E-state index in [0.717, 1.165) is 43.4 Å². The molecule has 1 saturated heterocycles. The van der Waals surface area contributed by atoms with Gasteiger partial charge in [0.25, 0.3) is 0 Å². The zero-order valence-corrected chi connectivity index (χ0v) is 28.2. The molecule has 2 bridgehead atoms. The van der Waals surface area contributed by atoms with Crippen LogP contribution in [0.3, 0.4) is 0 Å². The molecule has 2 aliphatic carbocycles. The van der Waals surface area contributed by atoms with Crippen molar-refractivity contribution >= 4 is 68.1 Å². The molecule has 0 radical (unpaired) electrons. The van der Waals surface area contributed by atoms with Gasteiger partial charge in [0.15, 0.2) is 0 Å². The number of rotatable bonds is 5. The quantitative estimate of drug-likeness (QED) is 0.170. The largest absolute Gasteiger partial charge is 0.460 e. The number of thioether (sulfide) groups is 1. The second-order valence-electron chi connectivity index (χ2n) is 12.6. The summed E-state index contributed by atoms with van der Waals surface area (Å²) in [5.41, 5.74) is 2.60. The third-order valence-corrected chi connectivity index (χ3v) is 13.9. The Morgan fingerprint density at radius 2 is 1.57 bits per heavy atom. The molecule has 3 fully saturated rings. The predicted octanol–water partition coefficient (Wildman–Crippen LogP) is 8.31. The SMILES string of the molecule is O=C1[C@@H]2[C@H]3C[C@@H]([C@@H]2C(=O)N1c1ccc(Cl)cc1)[C@@H]1[C@@H](c2ccc(-c4ccc(Br)cc4)o2)c2sc(=O)n(Cc4ccccc4)c2S[C@@H]31. The maximum Gasteiger partial charge on any atom is 0.308 e. The number of fused-ring (bicyclic) bond motifs is 9. The fraction of sp³-hybridized carbons (Fsp3) is 0.250. The van der Waals surface area contributed by atoms with Crippen LogP contribution in [0.15, 0.2) is 110 Å². The summed E-state index contributed by atoms with van der Waals surface area (Å²) >= 11 is 12.7. The van der Waals surface area contributed by atoms with E-state index in [9.17, 15) is 14.4 Å². The Morgan fingerprint density at radius 3 is 2.30 bits per heavy atom. The molecule has 46 heavy (non-hydrogen) atoms. The van der Waals surface area contributed by atoms with E-state index in [2.05, 4.69) is 15.9 Å². The minimum Gasteiger partial charge on any atom is -0.460 e. The van der Waals surface area contributed by atoms with Crippen LogP contribution in [-0.2, 0) is 16.1 Å². The van der Waals surface area contributed by atoms with Gasteiger partial charge in [0.05, 0.1) is 39.9 Å². The van der Waals surface area contributed by atoms with Gasteiger partial charge in [-0.25, -0.2) is 0 Å². The molecule has 2 aromatic heterocycles. The number of carbonyl (C=O) groups excluding carboxylic acids is 2. The van der Waals surface area contributed by atoms with E-state index < -0.39 is 0 Å². The molecule has 3 aromatic carbocycles.